The van der Waals surface area contributed by atoms with E-state index in [0.29, 0.717) is 5.02 Å². The fraction of sp³-hybridized carbons (Fsp3) is 0.143. The normalized spacial score (nSPS) is 9.55. The molecule has 1 rings (SSSR count). The lowest BCUT2D eigenvalue weighted by Gasteiger charge is -1.90. The number of aromatic nitrogens is 1. The van der Waals surface area contributed by atoms with Gasteiger partial charge in [0.1, 0.15) is 5.02 Å². The molecule has 0 amide bonds. The molecule has 0 spiro atoms. The molecular formula is C7H7ClNO2+. The van der Waals surface area contributed by atoms with E-state index in [0.717, 1.165) is 0 Å². The Morgan fingerprint density at radius 1 is 1.73 bits per heavy atom. The molecule has 1 aromatic heterocycles. The first-order chi connectivity index (χ1) is 5.18. The van der Waals surface area contributed by atoms with Crippen molar-refractivity contribution in [2.75, 3.05) is 0 Å². The molecule has 0 aromatic carbocycles. The number of aliphatic carboxylic acids is 1. The first-order valence-electron chi connectivity index (χ1n) is 3.05. The van der Waals surface area contributed by atoms with E-state index in [1.54, 1.807) is 24.5 Å². The van der Waals surface area contributed by atoms with Crippen molar-refractivity contribution in [3.63, 3.8) is 0 Å². The monoisotopic (exact) mass is 172 g/mol. The topological polar surface area (TPSA) is 41.2 Å². The van der Waals surface area contributed by atoms with Gasteiger partial charge in [0.2, 0.25) is 6.54 Å². The van der Waals surface area contributed by atoms with Crippen LogP contribution in [0.4, 0.5) is 0 Å². The lowest BCUT2D eigenvalue weighted by Crippen LogP contribution is -2.36. The molecule has 0 saturated heterocycles. The largest absolute Gasteiger partial charge is 0.477 e. The van der Waals surface area contributed by atoms with E-state index in [-0.39, 0.29) is 6.54 Å². The zero-order valence-corrected chi connectivity index (χ0v) is 6.45. The quantitative estimate of drug-likeness (QED) is 0.668. The zero-order valence-electron chi connectivity index (χ0n) is 5.70. The molecule has 1 aromatic rings. The molecule has 58 valence electrons. The molecule has 0 aliphatic carbocycles. The van der Waals surface area contributed by atoms with Gasteiger partial charge in [0.05, 0.1) is 0 Å². The van der Waals surface area contributed by atoms with Crippen molar-refractivity contribution in [3.05, 3.63) is 29.5 Å². The van der Waals surface area contributed by atoms with Gasteiger partial charge in [0.25, 0.3) is 0 Å². The number of nitrogens with zero attached hydrogens (tertiary/aromatic N) is 1. The van der Waals surface area contributed by atoms with Crippen LogP contribution in [0.2, 0.25) is 5.02 Å². The summed E-state index contributed by atoms with van der Waals surface area (Å²) in [4.78, 5) is 10.2. The van der Waals surface area contributed by atoms with Gasteiger partial charge in [-0.1, -0.05) is 11.6 Å². The minimum Gasteiger partial charge on any atom is -0.477 e. The first-order valence-corrected chi connectivity index (χ1v) is 3.42. The Labute approximate surface area is 68.8 Å². The number of pyridine rings is 1. The fourth-order valence-corrected chi connectivity index (χ4v) is 0.943. The molecule has 0 aliphatic rings. The van der Waals surface area contributed by atoms with E-state index in [4.69, 9.17) is 16.7 Å². The van der Waals surface area contributed by atoms with Gasteiger partial charge in [-0.25, -0.2) is 4.79 Å². The van der Waals surface area contributed by atoms with Crippen LogP contribution in [0.25, 0.3) is 0 Å². The highest BCUT2D eigenvalue weighted by molar-refractivity contribution is 6.30. The van der Waals surface area contributed by atoms with Crippen LogP contribution in [0.15, 0.2) is 24.5 Å². The maximum Gasteiger partial charge on any atom is 0.370 e. The van der Waals surface area contributed by atoms with Crippen molar-refractivity contribution in [1.29, 1.82) is 0 Å². The Kier molecular flexibility index (Phi) is 2.44. The molecule has 0 fully saturated rings. The molecule has 0 aliphatic heterocycles. The second-order valence-corrected chi connectivity index (χ2v) is 2.52. The van der Waals surface area contributed by atoms with Gasteiger partial charge in [-0.05, 0) is 6.07 Å². The van der Waals surface area contributed by atoms with Crippen molar-refractivity contribution >= 4 is 17.6 Å². The van der Waals surface area contributed by atoms with Gasteiger partial charge in [-0.3, -0.25) is 0 Å². The van der Waals surface area contributed by atoms with Crippen LogP contribution in [-0.4, -0.2) is 11.1 Å². The van der Waals surface area contributed by atoms with E-state index in [2.05, 4.69) is 0 Å². The van der Waals surface area contributed by atoms with Crippen LogP contribution in [-0.2, 0) is 11.3 Å². The molecule has 4 heteroatoms. The van der Waals surface area contributed by atoms with Gasteiger partial charge in [0.15, 0.2) is 12.4 Å². The van der Waals surface area contributed by atoms with Crippen molar-refractivity contribution in [2.45, 2.75) is 6.54 Å². The molecule has 0 saturated carbocycles. The predicted octanol–water partition coefficient (Wildman–Crippen LogP) is 0.712. The van der Waals surface area contributed by atoms with Crippen molar-refractivity contribution in [2.24, 2.45) is 0 Å². The van der Waals surface area contributed by atoms with E-state index in [1.807, 2.05) is 0 Å². The summed E-state index contributed by atoms with van der Waals surface area (Å²) in [5, 5.41) is 8.93. The molecule has 11 heavy (non-hydrogen) atoms. The average Bonchev–Trinajstić information content (AvgIpc) is 1.85. The van der Waals surface area contributed by atoms with Gasteiger partial charge in [-0.15, -0.1) is 0 Å². The molecule has 1 N–H and O–H groups in total. The summed E-state index contributed by atoms with van der Waals surface area (Å²) in [6.45, 7) is -0.0550. The van der Waals surface area contributed by atoms with Crippen molar-refractivity contribution in [3.8, 4) is 0 Å². The maximum absolute atomic E-state index is 10.2. The van der Waals surface area contributed by atoms with Crippen LogP contribution in [0.3, 0.4) is 0 Å². The van der Waals surface area contributed by atoms with Crippen LogP contribution >= 0.6 is 11.6 Å². The van der Waals surface area contributed by atoms with E-state index in [1.165, 1.54) is 4.57 Å². The zero-order chi connectivity index (χ0) is 8.27. The number of carbonyl (C=O) groups is 1. The standard InChI is InChI=1S/C7H6ClNO2/c8-6-2-1-3-9(4-6)5-7(10)11/h1-4H,5H2/p+1. The third-order valence-electron chi connectivity index (χ3n) is 1.14. The lowest BCUT2D eigenvalue weighted by molar-refractivity contribution is -0.685. The summed E-state index contributed by atoms with van der Waals surface area (Å²) >= 11 is 5.61. The number of hydrogen-bond donors (Lipinski definition) is 1. The lowest BCUT2D eigenvalue weighted by atomic mass is 10.5. The Bertz CT molecular complexity index is 275. The minimum absolute atomic E-state index is 0.0550. The van der Waals surface area contributed by atoms with Gasteiger partial charge >= 0.3 is 5.97 Å². The van der Waals surface area contributed by atoms with Crippen molar-refractivity contribution < 1.29 is 14.5 Å². The first kappa shape index (κ1) is 8.01. The van der Waals surface area contributed by atoms with Crippen LogP contribution < -0.4 is 4.57 Å². The van der Waals surface area contributed by atoms with E-state index in [9.17, 15) is 4.79 Å². The molecule has 0 unspecified atom stereocenters. The van der Waals surface area contributed by atoms with E-state index >= 15 is 0 Å². The van der Waals surface area contributed by atoms with Gasteiger partial charge in [-0.2, -0.15) is 4.57 Å². The third kappa shape index (κ3) is 2.55. The molecule has 3 nitrogen and oxygen atoms in total. The Morgan fingerprint density at radius 2 is 2.45 bits per heavy atom. The summed E-state index contributed by atoms with van der Waals surface area (Å²) in [5.74, 6) is -0.878. The summed E-state index contributed by atoms with van der Waals surface area (Å²) in [5.41, 5.74) is 0. The smallest absolute Gasteiger partial charge is 0.370 e. The maximum atomic E-state index is 10.2. The van der Waals surface area contributed by atoms with E-state index < -0.39 is 5.97 Å². The molecule has 0 atom stereocenters. The highest BCUT2D eigenvalue weighted by Gasteiger charge is 2.05. The average molecular weight is 173 g/mol. The SMILES string of the molecule is O=C(O)C[n+]1cccc(Cl)c1. The third-order valence-corrected chi connectivity index (χ3v) is 1.36. The minimum atomic E-state index is -0.878. The summed E-state index contributed by atoms with van der Waals surface area (Å²) in [6, 6.07) is 3.39. The Balaban J connectivity index is 2.79. The number of halogens is 1. The van der Waals surface area contributed by atoms with Crippen LogP contribution in [0.5, 0.6) is 0 Å². The number of rotatable bonds is 2. The number of hydrogen-bond acceptors (Lipinski definition) is 1. The summed E-state index contributed by atoms with van der Waals surface area (Å²) in [7, 11) is 0. The predicted molar refractivity (Wildman–Crippen MR) is 39.3 cm³/mol. The Morgan fingerprint density at radius 3 is 3.00 bits per heavy atom. The number of carboxylic acids is 1. The fourth-order valence-electron chi connectivity index (χ4n) is 0.745. The van der Waals surface area contributed by atoms with Gasteiger partial charge in [0, 0.05) is 6.07 Å². The Hall–Kier alpha value is -1.09. The highest BCUT2D eigenvalue weighted by atomic mass is 35.5. The summed E-state index contributed by atoms with van der Waals surface area (Å²) < 4.78 is 1.50. The molecular weight excluding hydrogens is 166 g/mol. The number of carboxylic acid groups (broad SMARTS) is 1. The van der Waals surface area contributed by atoms with Crippen LogP contribution in [0, 0.1) is 0 Å². The van der Waals surface area contributed by atoms with Crippen LogP contribution in [0.1, 0.15) is 0 Å². The summed E-state index contributed by atoms with van der Waals surface area (Å²) in [6.07, 6.45) is 3.22. The second-order valence-electron chi connectivity index (χ2n) is 2.09. The molecule has 1 heterocycles. The molecule has 0 radical (unpaired) electrons. The molecule has 0 bridgehead atoms. The second kappa shape index (κ2) is 3.34. The highest BCUT2D eigenvalue weighted by Crippen LogP contribution is 2.00. The van der Waals surface area contributed by atoms with Crippen molar-refractivity contribution in [1.82, 2.24) is 0 Å². The van der Waals surface area contributed by atoms with Gasteiger partial charge < -0.3 is 5.11 Å².